The molecular formula is C14H26N2OS. The van der Waals surface area contributed by atoms with E-state index in [1.807, 2.05) is 6.20 Å². The molecule has 4 heteroatoms. The summed E-state index contributed by atoms with van der Waals surface area (Å²) in [4.78, 5) is 5.82. The number of rotatable bonds is 6. The van der Waals surface area contributed by atoms with E-state index < -0.39 is 0 Å². The molecule has 0 bridgehead atoms. The van der Waals surface area contributed by atoms with Crippen LogP contribution in [-0.2, 0) is 4.74 Å². The molecule has 1 N–H and O–H groups in total. The van der Waals surface area contributed by atoms with Crippen LogP contribution in [0.3, 0.4) is 0 Å². The summed E-state index contributed by atoms with van der Waals surface area (Å²) < 4.78 is 5.60. The number of hydrogen-bond acceptors (Lipinski definition) is 4. The maximum atomic E-state index is 5.60. The first-order valence-corrected chi connectivity index (χ1v) is 7.43. The van der Waals surface area contributed by atoms with Crippen LogP contribution >= 0.6 is 11.3 Å². The lowest BCUT2D eigenvalue weighted by atomic mass is 9.89. The van der Waals surface area contributed by atoms with Crippen molar-refractivity contribution in [3.8, 4) is 0 Å². The smallest absolute Gasteiger partial charge is 0.122 e. The van der Waals surface area contributed by atoms with Crippen LogP contribution in [0.2, 0.25) is 0 Å². The van der Waals surface area contributed by atoms with Gasteiger partial charge < -0.3 is 10.1 Å². The van der Waals surface area contributed by atoms with Gasteiger partial charge in [0.15, 0.2) is 0 Å². The van der Waals surface area contributed by atoms with Crippen molar-refractivity contribution in [1.82, 2.24) is 10.3 Å². The minimum absolute atomic E-state index is 0.0645. The van der Waals surface area contributed by atoms with Crippen LogP contribution in [0.4, 0.5) is 0 Å². The number of methoxy groups -OCH3 is 1. The summed E-state index contributed by atoms with van der Waals surface area (Å²) in [6.07, 6.45) is 3.19. The van der Waals surface area contributed by atoms with Crippen molar-refractivity contribution in [2.24, 2.45) is 5.41 Å². The van der Waals surface area contributed by atoms with E-state index in [9.17, 15) is 0 Å². The second-order valence-electron chi connectivity index (χ2n) is 5.76. The van der Waals surface area contributed by atoms with E-state index >= 15 is 0 Å². The fourth-order valence-electron chi connectivity index (χ4n) is 1.91. The van der Waals surface area contributed by atoms with Gasteiger partial charge in [0.25, 0.3) is 0 Å². The molecule has 3 nitrogen and oxygen atoms in total. The Bertz CT molecular complexity index is 357. The molecule has 0 aromatic carbocycles. The van der Waals surface area contributed by atoms with E-state index in [-0.39, 0.29) is 11.5 Å². The summed E-state index contributed by atoms with van der Waals surface area (Å²) in [5.41, 5.74) is 0.0734. The SMILES string of the molecule is CCCNC(C)c1cnc(C(OC)C(C)(C)C)s1. The third-order valence-corrected chi connectivity index (χ3v) is 4.14. The molecule has 2 atom stereocenters. The number of thiazole rings is 1. The monoisotopic (exact) mass is 270 g/mol. The normalized spacial score (nSPS) is 15.7. The summed E-state index contributed by atoms with van der Waals surface area (Å²) in [6.45, 7) is 12.0. The molecule has 0 saturated carbocycles. The highest BCUT2D eigenvalue weighted by Gasteiger charge is 2.29. The van der Waals surface area contributed by atoms with Gasteiger partial charge in [-0.1, -0.05) is 27.7 Å². The van der Waals surface area contributed by atoms with Gasteiger partial charge in [-0.2, -0.15) is 0 Å². The molecule has 0 aliphatic heterocycles. The van der Waals surface area contributed by atoms with Crippen molar-refractivity contribution in [2.45, 2.75) is 53.2 Å². The fraction of sp³-hybridized carbons (Fsp3) is 0.786. The molecule has 18 heavy (non-hydrogen) atoms. The van der Waals surface area contributed by atoms with Gasteiger partial charge in [-0.3, -0.25) is 0 Å². The van der Waals surface area contributed by atoms with Crippen molar-refractivity contribution in [3.63, 3.8) is 0 Å². The lowest BCUT2D eigenvalue weighted by Gasteiger charge is -2.27. The fourth-order valence-corrected chi connectivity index (χ4v) is 3.18. The predicted octanol–water partition coefficient (Wildman–Crippen LogP) is 3.94. The average Bonchev–Trinajstić information content (AvgIpc) is 2.74. The third-order valence-electron chi connectivity index (χ3n) is 2.92. The van der Waals surface area contributed by atoms with Gasteiger partial charge in [-0.25, -0.2) is 4.98 Å². The molecule has 0 aliphatic rings. The first-order valence-electron chi connectivity index (χ1n) is 6.62. The number of nitrogens with zero attached hydrogens (tertiary/aromatic N) is 1. The summed E-state index contributed by atoms with van der Waals surface area (Å²) in [5, 5.41) is 4.56. The molecule has 1 aromatic heterocycles. The molecule has 2 unspecified atom stereocenters. The standard InChI is InChI=1S/C14H26N2OS/c1-7-8-15-10(2)11-9-16-13(18-11)12(17-6)14(3,4)5/h9-10,12,15H,7-8H2,1-6H3. The topological polar surface area (TPSA) is 34.2 Å². The Morgan fingerprint density at radius 3 is 2.61 bits per heavy atom. The van der Waals surface area contributed by atoms with Crippen LogP contribution in [0.1, 0.15) is 63.1 Å². The van der Waals surface area contributed by atoms with E-state index in [2.05, 4.69) is 44.9 Å². The zero-order chi connectivity index (χ0) is 13.8. The highest BCUT2D eigenvalue weighted by molar-refractivity contribution is 7.11. The van der Waals surface area contributed by atoms with Crippen molar-refractivity contribution in [2.75, 3.05) is 13.7 Å². The van der Waals surface area contributed by atoms with Gasteiger partial charge in [-0.15, -0.1) is 11.3 Å². The zero-order valence-electron chi connectivity index (χ0n) is 12.4. The van der Waals surface area contributed by atoms with Gasteiger partial charge in [-0.05, 0) is 25.3 Å². The molecule has 0 saturated heterocycles. The van der Waals surface area contributed by atoms with Crippen LogP contribution < -0.4 is 5.32 Å². The maximum absolute atomic E-state index is 5.60. The Balaban J connectivity index is 2.78. The predicted molar refractivity (Wildman–Crippen MR) is 78.0 cm³/mol. The van der Waals surface area contributed by atoms with Crippen molar-refractivity contribution in [1.29, 1.82) is 0 Å². The highest BCUT2D eigenvalue weighted by Crippen LogP contribution is 2.38. The van der Waals surface area contributed by atoms with E-state index in [0.29, 0.717) is 6.04 Å². The quantitative estimate of drug-likeness (QED) is 0.850. The first kappa shape index (κ1) is 15.6. The minimum Gasteiger partial charge on any atom is -0.374 e. The zero-order valence-corrected chi connectivity index (χ0v) is 13.2. The summed E-state index contributed by atoms with van der Waals surface area (Å²) in [7, 11) is 1.76. The molecule has 1 heterocycles. The Kier molecular flexibility index (Phi) is 5.76. The van der Waals surface area contributed by atoms with Gasteiger partial charge in [0.2, 0.25) is 0 Å². The average molecular weight is 270 g/mol. The van der Waals surface area contributed by atoms with Crippen molar-refractivity contribution in [3.05, 3.63) is 16.1 Å². The van der Waals surface area contributed by atoms with Gasteiger partial charge in [0, 0.05) is 24.2 Å². The number of aromatic nitrogens is 1. The molecule has 0 aliphatic carbocycles. The lowest BCUT2D eigenvalue weighted by Crippen LogP contribution is -2.20. The van der Waals surface area contributed by atoms with E-state index in [0.717, 1.165) is 18.0 Å². The van der Waals surface area contributed by atoms with Crippen LogP contribution in [0, 0.1) is 5.41 Å². The van der Waals surface area contributed by atoms with Crippen LogP contribution in [-0.4, -0.2) is 18.6 Å². The highest BCUT2D eigenvalue weighted by atomic mass is 32.1. The number of hydrogen-bond donors (Lipinski definition) is 1. The Morgan fingerprint density at radius 2 is 2.11 bits per heavy atom. The molecule has 0 radical (unpaired) electrons. The second kappa shape index (κ2) is 6.64. The summed E-state index contributed by atoms with van der Waals surface area (Å²) in [6, 6.07) is 0.369. The second-order valence-corrected chi connectivity index (χ2v) is 6.85. The van der Waals surface area contributed by atoms with Crippen LogP contribution in [0.15, 0.2) is 6.20 Å². The van der Waals surface area contributed by atoms with Crippen molar-refractivity contribution < 1.29 is 4.74 Å². The van der Waals surface area contributed by atoms with Crippen LogP contribution in [0.25, 0.3) is 0 Å². The molecule has 104 valence electrons. The van der Waals surface area contributed by atoms with Crippen molar-refractivity contribution >= 4 is 11.3 Å². The molecule has 1 rings (SSSR count). The molecular weight excluding hydrogens is 244 g/mol. The molecule has 0 spiro atoms. The lowest BCUT2D eigenvalue weighted by molar-refractivity contribution is 0.0150. The number of nitrogens with one attached hydrogen (secondary N) is 1. The van der Waals surface area contributed by atoms with E-state index in [4.69, 9.17) is 4.74 Å². The van der Waals surface area contributed by atoms with Gasteiger partial charge >= 0.3 is 0 Å². The minimum atomic E-state index is 0.0645. The maximum Gasteiger partial charge on any atom is 0.122 e. The van der Waals surface area contributed by atoms with Gasteiger partial charge in [0.1, 0.15) is 11.1 Å². The summed E-state index contributed by atoms with van der Waals surface area (Å²) >= 11 is 1.75. The van der Waals surface area contributed by atoms with E-state index in [1.54, 1.807) is 18.4 Å². The molecule has 0 amide bonds. The largest absolute Gasteiger partial charge is 0.374 e. The Labute approximate surface area is 115 Å². The molecule has 0 fully saturated rings. The summed E-state index contributed by atoms with van der Waals surface area (Å²) in [5.74, 6) is 0. The van der Waals surface area contributed by atoms with Crippen LogP contribution in [0.5, 0.6) is 0 Å². The first-order chi connectivity index (χ1) is 8.40. The Hall–Kier alpha value is -0.450. The molecule has 1 aromatic rings. The van der Waals surface area contributed by atoms with E-state index in [1.165, 1.54) is 4.88 Å². The third kappa shape index (κ3) is 4.04. The Morgan fingerprint density at radius 1 is 1.44 bits per heavy atom. The number of ether oxygens (including phenoxy) is 1. The van der Waals surface area contributed by atoms with Gasteiger partial charge in [0.05, 0.1) is 0 Å².